The van der Waals surface area contributed by atoms with Crippen LogP contribution >= 0.6 is 0 Å². The minimum atomic E-state index is -4.39. The number of aryl methyl sites for hydroxylation is 1. The van der Waals surface area contributed by atoms with Crippen LogP contribution in [0.4, 0.5) is 13.2 Å². The van der Waals surface area contributed by atoms with Crippen molar-refractivity contribution < 1.29 is 22.7 Å². The molecule has 0 aliphatic rings. The number of esters is 1. The Kier molecular flexibility index (Phi) is 4.54. The van der Waals surface area contributed by atoms with Crippen molar-refractivity contribution in [2.75, 3.05) is 6.61 Å². The Bertz CT molecular complexity index is 664. The molecule has 7 heteroatoms. The average molecular weight is 362 g/mol. The van der Waals surface area contributed by atoms with E-state index in [-0.39, 0.29) is 6.61 Å². The van der Waals surface area contributed by atoms with Crippen molar-refractivity contribution in [1.82, 2.24) is 4.98 Å². The summed E-state index contributed by atoms with van der Waals surface area (Å²) in [5.74, 6) is -0.444. The van der Waals surface area contributed by atoms with Crippen molar-refractivity contribution in [3.8, 4) is 10.1 Å². The number of alkyl halides is 3. The van der Waals surface area contributed by atoms with Crippen molar-refractivity contribution in [3.63, 3.8) is 0 Å². The van der Waals surface area contributed by atoms with Gasteiger partial charge in [0.1, 0.15) is 0 Å². The van der Waals surface area contributed by atoms with Gasteiger partial charge in [0.2, 0.25) is 0 Å². The number of halogens is 3. The first kappa shape index (κ1) is 15.8. The van der Waals surface area contributed by atoms with E-state index < -0.39 is 32.2 Å². The molecule has 0 N–H and O–H groups in total. The van der Waals surface area contributed by atoms with Gasteiger partial charge in [0.15, 0.2) is 0 Å². The van der Waals surface area contributed by atoms with Gasteiger partial charge in [-0.1, -0.05) is 0 Å². The molecular weight excluding hydrogens is 350 g/mol. The van der Waals surface area contributed by atoms with E-state index in [2.05, 4.69) is 4.98 Å². The standard InChI is InChI=1S/C14H12F3NO2Se/c1-3-20-13(19)11-8(2)18-12(21-11)9-5-4-6-10(7-9)14(15,16)17/h4-7H,3H2,1-2H3. The molecule has 0 radical (unpaired) electrons. The summed E-state index contributed by atoms with van der Waals surface area (Å²) in [4.78, 5) is 16.0. The van der Waals surface area contributed by atoms with Crippen LogP contribution in [0.3, 0.4) is 0 Å². The minimum absolute atomic E-state index is 0.255. The van der Waals surface area contributed by atoms with Crippen LogP contribution in [0.15, 0.2) is 24.3 Å². The average Bonchev–Trinajstić information content (AvgIpc) is 2.80. The molecule has 0 spiro atoms. The molecule has 0 aliphatic heterocycles. The van der Waals surface area contributed by atoms with E-state index in [4.69, 9.17) is 4.74 Å². The van der Waals surface area contributed by atoms with Crippen LogP contribution in [-0.4, -0.2) is 32.1 Å². The zero-order valence-electron chi connectivity index (χ0n) is 11.3. The van der Waals surface area contributed by atoms with Crippen LogP contribution in [0.2, 0.25) is 0 Å². The van der Waals surface area contributed by atoms with Gasteiger partial charge in [-0.3, -0.25) is 0 Å². The van der Waals surface area contributed by atoms with Gasteiger partial charge in [-0.25, -0.2) is 0 Å². The molecule has 1 heterocycles. The van der Waals surface area contributed by atoms with Crippen molar-refractivity contribution in [2.24, 2.45) is 0 Å². The Morgan fingerprint density at radius 2 is 2.10 bits per heavy atom. The van der Waals surface area contributed by atoms with Crippen molar-refractivity contribution in [3.05, 3.63) is 40.0 Å². The molecule has 0 unspecified atom stereocenters. The summed E-state index contributed by atoms with van der Waals surface area (Å²) in [7, 11) is 0. The molecule has 0 amide bonds. The predicted octanol–water partition coefficient (Wildman–Crippen LogP) is 3.31. The van der Waals surface area contributed by atoms with Crippen LogP contribution < -0.4 is 0 Å². The Morgan fingerprint density at radius 1 is 1.38 bits per heavy atom. The molecule has 3 nitrogen and oxygen atoms in total. The van der Waals surface area contributed by atoms with Crippen LogP contribution in [0, 0.1) is 6.92 Å². The fourth-order valence-corrected chi connectivity index (χ4v) is 3.74. The number of benzene rings is 1. The topological polar surface area (TPSA) is 39.2 Å². The second-order valence-electron chi connectivity index (χ2n) is 4.23. The molecule has 1 aromatic heterocycles. The van der Waals surface area contributed by atoms with E-state index >= 15 is 0 Å². The summed E-state index contributed by atoms with van der Waals surface area (Å²) in [6.07, 6.45) is -4.39. The summed E-state index contributed by atoms with van der Waals surface area (Å²) in [5.41, 5.74) is 0.185. The van der Waals surface area contributed by atoms with Crippen LogP contribution in [0.5, 0.6) is 0 Å². The van der Waals surface area contributed by atoms with E-state index in [1.807, 2.05) is 0 Å². The molecule has 0 bridgehead atoms. The van der Waals surface area contributed by atoms with Crippen LogP contribution in [0.25, 0.3) is 10.1 Å². The van der Waals surface area contributed by atoms with E-state index in [1.54, 1.807) is 19.9 Å². The Balaban J connectivity index is 2.40. The number of ether oxygens (including phenoxy) is 1. The second kappa shape index (κ2) is 6.03. The van der Waals surface area contributed by atoms with Crippen molar-refractivity contribution in [1.29, 1.82) is 0 Å². The third kappa shape index (κ3) is 3.54. The number of carbonyl (C=O) groups excluding carboxylic acids is 1. The second-order valence-corrected chi connectivity index (χ2v) is 6.33. The molecule has 2 aromatic rings. The number of aromatic nitrogens is 1. The van der Waals surface area contributed by atoms with Gasteiger partial charge in [0.05, 0.1) is 0 Å². The summed E-state index contributed by atoms with van der Waals surface area (Å²) < 4.78 is 44.0. The molecule has 0 fully saturated rings. The molecule has 0 saturated heterocycles. The first-order chi connectivity index (χ1) is 9.82. The molecule has 112 valence electrons. The molecule has 0 saturated carbocycles. The fraction of sp³-hybridized carbons (Fsp3) is 0.286. The first-order valence-electron chi connectivity index (χ1n) is 6.15. The van der Waals surface area contributed by atoms with Gasteiger partial charge < -0.3 is 0 Å². The SMILES string of the molecule is CCOC(=O)c1[se]c(-c2cccc(C(F)(F)F)c2)nc1C. The Hall–Kier alpha value is -1.59. The van der Waals surface area contributed by atoms with E-state index in [0.717, 1.165) is 12.1 Å². The zero-order valence-corrected chi connectivity index (χ0v) is 13.0. The summed E-state index contributed by atoms with van der Waals surface area (Å²) in [5, 5.41) is 0. The predicted molar refractivity (Wildman–Crippen MR) is 72.3 cm³/mol. The Morgan fingerprint density at radius 3 is 2.71 bits per heavy atom. The van der Waals surface area contributed by atoms with Crippen LogP contribution in [0.1, 0.15) is 27.4 Å². The van der Waals surface area contributed by atoms with Gasteiger partial charge >= 0.3 is 125 Å². The molecule has 2 rings (SSSR count). The molecule has 1 aromatic carbocycles. The maximum atomic E-state index is 12.7. The zero-order chi connectivity index (χ0) is 15.6. The van der Waals surface area contributed by atoms with Gasteiger partial charge in [0.25, 0.3) is 0 Å². The van der Waals surface area contributed by atoms with Crippen LogP contribution in [-0.2, 0) is 10.9 Å². The summed E-state index contributed by atoms with van der Waals surface area (Å²) in [6, 6.07) is 4.98. The number of hydrogen-bond acceptors (Lipinski definition) is 3. The third-order valence-corrected chi connectivity index (χ3v) is 5.18. The summed E-state index contributed by atoms with van der Waals surface area (Å²) in [6.45, 7) is 3.61. The molecule has 0 aliphatic carbocycles. The van der Waals surface area contributed by atoms with E-state index in [1.165, 1.54) is 6.07 Å². The van der Waals surface area contributed by atoms with Gasteiger partial charge in [-0.05, 0) is 0 Å². The number of nitrogens with zero attached hydrogens (tertiary/aromatic N) is 1. The van der Waals surface area contributed by atoms with Crippen molar-refractivity contribution >= 4 is 20.5 Å². The Labute approximate surface area is 125 Å². The van der Waals surface area contributed by atoms with Gasteiger partial charge in [0, 0.05) is 0 Å². The van der Waals surface area contributed by atoms with Gasteiger partial charge in [-0.2, -0.15) is 0 Å². The molecule has 0 atom stereocenters. The monoisotopic (exact) mass is 363 g/mol. The normalized spacial score (nSPS) is 11.5. The van der Waals surface area contributed by atoms with E-state index in [9.17, 15) is 18.0 Å². The molecule has 21 heavy (non-hydrogen) atoms. The maximum absolute atomic E-state index is 12.7. The first-order valence-corrected chi connectivity index (χ1v) is 7.86. The number of carbonyl (C=O) groups is 1. The number of rotatable bonds is 3. The third-order valence-electron chi connectivity index (χ3n) is 2.69. The van der Waals surface area contributed by atoms with Gasteiger partial charge in [-0.15, -0.1) is 0 Å². The van der Waals surface area contributed by atoms with Crippen molar-refractivity contribution in [2.45, 2.75) is 20.0 Å². The molecular formula is C14H12F3NO2Se. The quantitative estimate of drug-likeness (QED) is 0.621. The number of hydrogen-bond donors (Lipinski definition) is 0. The van der Waals surface area contributed by atoms with E-state index in [0.29, 0.717) is 20.3 Å². The summed E-state index contributed by atoms with van der Waals surface area (Å²) >= 11 is -0.444. The fourth-order valence-electron chi connectivity index (χ4n) is 1.73.